The van der Waals surface area contributed by atoms with E-state index in [1.165, 1.54) is 11.9 Å². The Morgan fingerprint density at radius 2 is 2.17 bits per heavy atom. The van der Waals surface area contributed by atoms with Gasteiger partial charge in [-0.15, -0.1) is 0 Å². The van der Waals surface area contributed by atoms with E-state index in [1.807, 2.05) is 12.1 Å². The molecule has 0 bridgehead atoms. The molecule has 3 rings (SSSR count). The SMILES string of the molecule is O=c1[nH]cnc(N2CCCc3ccccc32)c1Br. The maximum atomic E-state index is 11.6. The van der Waals surface area contributed by atoms with Crippen molar-refractivity contribution >= 4 is 27.4 Å². The van der Waals surface area contributed by atoms with Crippen LogP contribution in [0.25, 0.3) is 0 Å². The van der Waals surface area contributed by atoms with Gasteiger partial charge in [-0.05, 0) is 40.4 Å². The number of H-pyrrole nitrogens is 1. The zero-order valence-corrected chi connectivity index (χ0v) is 11.3. The van der Waals surface area contributed by atoms with Crippen LogP contribution in [0.3, 0.4) is 0 Å². The zero-order valence-electron chi connectivity index (χ0n) is 9.69. The van der Waals surface area contributed by atoms with Gasteiger partial charge in [0.2, 0.25) is 0 Å². The second-order valence-corrected chi connectivity index (χ2v) is 5.05. The van der Waals surface area contributed by atoms with Crippen LogP contribution in [0, 0.1) is 0 Å². The summed E-state index contributed by atoms with van der Waals surface area (Å²) in [7, 11) is 0. The van der Waals surface area contributed by atoms with Crippen LogP contribution in [0.2, 0.25) is 0 Å². The number of rotatable bonds is 1. The Morgan fingerprint density at radius 1 is 1.33 bits per heavy atom. The number of aromatic nitrogens is 2. The summed E-state index contributed by atoms with van der Waals surface area (Å²) in [4.78, 5) is 20.6. The van der Waals surface area contributed by atoms with Gasteiger partial charge in [-0.2, -0.15) is 0 Å². The molecular formula is C13H12BrN3O. The van der Waals surface area contributed by atoms with E-state index < -0.39 is 0 Å². The van der Waals surface area contributed by atoms with Crippen molar-refractivity contribution in [1.82, 2.24) is 9.97 Å². The van der Waals surface area contributed by atoms with E-state index in [-0.39, 0.29) is 5.56 Å². The van der Waals surface area contributed by atoms with E-state index in [9.17, 15) is 4.79 Å². The average Bonchev–Trinajstić information content (AvgIpc) is 2.41. The summed E-state index contributed by atoms with van der Waals surface area (Å²) in [5.41, 5.74) is 2.29. The molecular weight excluding hydrogens is 294 g/mol. The minimum atomic E-state index is -0.150. The molecule has 0 radical (unpaired) electrons. The fourth-order valence-corrected chi connectivity index (χ4v) is 2.75. The summed E-state index contributed by atoms with van der Waals surface area (Å²) in [5.74, 6) is 0.686. The van der Waals surface area contributed by atoms with Crippen LogP contribution in [0.1, 0.15) is 12.0 Å². The highest BCUT2D eigenvalue weighted by Crippen LogP contribution is 2.34. The Morgan fingerprint density at radius 3 is 3.06 bits per heavy atom. The second-order valence-electron chi connectivity index (χ2n) is 4.25. The molecule has 1 N–H and O–H groups in total. The third-order valence-corrected chi connectivity index (χ3v) is 3.86. The van der Waals surface area contributed by atoms with Crippen LogP contribution >= 0.6 is 15.9 Å². The van der Waals surface area contributed by atoms with Gasteiger partial charge >= 0.3 is 0 Å². The summed E-state index contributed by atoms with van der Waals surface area (Å²) >= 11 is 3.32. The summed E-state index contributed by atoms with van der Waals surface area (Å²) in [5, 5.41) is 0. The lowest BCUT2D eigenvalue weighted by molar-refractivity contribution is 0.756. The van der Waals surface area contributed by atoms with Crippen molar-refractivity contribution in [1.29, 1.82) is 0 Å². The number of para-hydroxylation sites is 1. The van der Waals surface area contributed by atoms with Crippen LogP contribution in [0.5, 0.6) is 0 Å². The van der Waals surface area contributed by atoms with Crippen molar-refractivity contribution in [3.05, 3.63) is 51.0 Å². The van der Waals surface area contributed by atoms with Crippen molar-refractivity contribution in [2.24, 2.45) is 0 Å². The van der Waals surface area contributed by atoms with Crippen LogP contribution in [-0.2, 0) is 6.42 Å². The van der Waals surface area contributed by atoms with E-state index in [2.05, 4.69) is 42.9 Å². The number of hydrogen-bond donors (Lipinski definition) is 1. The maximum absolute atomic E-state index is 11.6. The van der Waals surface area contributed by atoms with Gasteiger partial charge < -0.3 is 9.88 Å². The molecule has 0 saturated carbocycles. The van der Waals surface area contributed by atoms with Gasteiger partial charge in [-0.1, -0.05) is 18.2 Å². The molecule has 0 atom stereocenters. The van der Waals surface area contributed by atoms with Crippen molar-refractivity contribution in [2.75, 3.05) is 11.4 Å². The smallest absolute Gasteiger partial charge is 0.267 e. The highest BCUT2D eigenvalue weighted by Gasteiger charge is 2.21. The fraction of sp³-hybridized carbons (Fsp3) is 0.231. The topological polar surface area (TPSA) is 49.0 Å². The quantitative estimate of drug-likeness (QED) is 0.881. The van der Waals surface area contributed by atoms with Gasteiger partial charge in [-0.25, -0.2) is 4.98 Å². The van der Waals surface area contributed by atoms with Crippen LogP contribution in [0.4, 0.5) is 11.5 Å². The molecule has 0 unspecified atom stereocenters. The molecule has 4 nitrogen and oxygen atoms in total. The molecule has 1 aliphatic heterocycles. The lowest BCUT2D eigenvalue weighted by atomic mass is 10.0. The predicted molar refractivity (Wildman–Crippen MR) is 74.3 cm³/mol. The first-order chi connectivity index (χ1) is 8.77. The molecule has 0 aliphatic carbocycles. The first-order valence-corrected chi connectivity index (χ1v) is 6.65. The Labute approximate surface area is 113 Å². The molecule has 2 aromatic rings. The number of benzene rings is 1. The molecule has 0 amide bonds. The van der Waals surface area contributed by atoms with Crippen LogP contribution in [0.15, 0.2) is 39.9 Å². The molecule has 0 spiro atoms. The Hall–Kier alpha value is -1.62. The number of halogens is 1. The molecule has 2 heterocycles. The number of fused-ring (bicyclic) bond motifs is 1. The highest BCUT2D eigenvalue weighted by atomic mass is 79.9. The molecule has 5 heteroatoms. The summed E-state index contributed by atoms with van der Waals surface area (Å²) < 4.78 is 0.488. The Kier molecular flexibility index (Phi) is 2.91. The Balaban J connectivity index is 2.14. The lowest BCUT2D eigenvalue weighted by Crippen LogP contribution is -2.27. The normalized spacial score (nSPS) is 14.4. The number of aromatic amines is 1. The zero-order chi connectivity index (χ0) is 12.5. The number of hydrogen-bond acceptors (Lipinski definition) is 3. The van der Waals surface area contributed by atoms with Gasteiger partial charge in [0, 0.05) is 12.2 Å². The van der Waals surface area contributed by atoms with Crippen molar-refractivity contribution in [3.63, 3.8) is 0 Å². The van der Waals surface area contributed by atoms with E-state index in [1.54, 1.807) is 0 Å². The first-order valence-electron chi connectivity index (χ1n) is 5.86. The molecule has 18 heavy (non-hydrogen) atoms. The lowest BCUT2D eigenvalue weighted by Gasteiger charge is -2.30. The molecule has 1 aliphatic rings. The fourth-order valence-electron chi connectivity index (χ4n) is 2.32. The monoisotopic (exact) mass is 305 g/mol. The highest BCUT2D eigenvalue weighted by molar-refractivity contribution is 9.10. The number of aryl methyl sites for hydroxylation is 1. The molecule has 1 aromatic carbocycles. The van der Waals surface area contributed by atoms with Gasteiger partial charge in [0.25, 0.3) is 5.56 Å². The number of nitrogens with zero attached hydrogens (tertiary/aromatic N) is 2. The first kappa shape index (κ1) is 11.5. The van der Waals surface area contributed by atoms with Crippen molar-refractivity contribution in [3.8, 4) is 0 Å². The minimum Gasteiger partial charge on any atom is -0.325 e. The van der Waals surface area contributed by atoms with Crippen molar-refractivity contribution < 1.29 is 0 Å². The third-order valence-electron chi connectivity index (χ3n) is 3.14. The molecule has 1 aromatic heterocycles. The Bertz CT molecular complexity index is 638. The van der Waals surface area contributed by atoms with Gasteiger partial charge in [0.1, 0.15) is 4.47 Å². The summed E-state index contributed by atoms with van der Waals surface area (Å²) in [6, 6.07) is 8.26. The van der Waals surface area contributed by atoms with E-state index in [4.69, 9.17) is 0 Å². The van der Waals surface area contributed by atoms with E-state index in [0.29, 0.717) is 10.3 Å². The maximum Gasteiger partial charge on any atom is 0.267 e. The summed E-state index contributed by atoms with van der Waals surface area (Å²) in [6.45, 7) is 0.881. The van der Waals surface area contributed by atoms with Crippen LogP contribution < -0.4 is 10.5 Å². The number of anilines is 2. The largest absolute Gasteiger partial charge is 0.325 e. The van der Waals surface area contributed by atoms with Gasteiger partial charge in [0.05, 0.1) is 6.33 Å². The van der Waals surface area contributed by atoms with Gasteiger partial charge in [0.15, 0.2) is 5.82 Å². The average molecular weight is 306 g/mol. The molecule has 0 saturated heterocycles. The standard InChI is InChI=1S/C13H12BrN3O/c14-11-12(15-8-16-13(11)18)17-7-3-5-9-4-1-2-6-10(9)17/h1-2,4,6,8H,3,5,7H2,(H,15,16,18). The van der Waals surface area contributed by atoms with E-state index >= 15 is 0 Å². The predicted octanol–water partition coefficient (Wildman–Crippen LogP) is 2.62. The van der Waals surface area contributed by atoms with E-state index in [0.717, 1.165) is 25.1 Å². The van der Waals surface area contributed by atoms with Gasteiger partial charge in [-0.3, -0.25) is 4.79 Å². The third kappa shape index (κ3) is 1.84. The molecule has 92 valence electrons. The van der Waals surface area contributed by atoms with Crippen LogP contribution in [-0.4, -0.2) is 16.5 Å². The summed E-state index contributed by atoms with van der Waals surface area (Å²) in [6.07, 6.45) is 3.59. The molecule has 0 fully saturated rings. The van der Waals surface area contributed by atoms with Crippen molar-refractivity contribution in [2.45, 2.75) is 12.8 Å². The number of nitrogens with one attached hydrogen (secondary N) is 1. The minimum absolute atomic E-state index is 0.150. The second kappa shape index (κ2) is 4.57.